The standard InChI is InChI=1S/C15H9F6N3O3/c1-23-11(15(19,20)21)4-9(25)13(22-23)6-2-8-10(3-7(6)16)27-14(26)24(8)5-12(17)18/h2-4,12H,5H2,1H3. The van der Waals surface area contributed by atoms with Crippen LogP contribution in [0.2, 0.25) is 0 Å². The smallest absolute Gasteiger partial charge is 0.408 e. The number of benzene rings is 1. The van der Waals surface area contributed by atoms with E-state index >= 15 is 0 Å². The molecule has 0 aliphatic rings. The zero-order valence-corrected chi connectivity index (χ0v) is 13.4. The Balaban J connectivity index is 2.26. The van der Waals surface area contributed by atoms with Gasteiger partial charge in [-0.25, -0.2) is 18.0 Å². The molecule has 2 heterocycles. The Labute approximate surface area is 145 Å². The molecule has 144 valence electrons. The van der Waals surface area contributed by atoms with Gasteiger partial charge in [0.05, 0.1) is 12.1 Å². The molecule has 2 aromatic heterocycles. The molecule has 27 heavy (non-hydrogen) atoms. The van der Waals surface area contributed by atoms with Gasteiger partial charge >= 0.3 is 11.9 Å². The maximum atomic E-state index is 14.3. The van der Waals surface area contributed by atoms with Crippen molar-refractivity contribution < 1.29 is 30.8 Å². The van der Waals surface area contributed by atoms with Crippen molar-refractivity contribution in [3.8, 4) is 11.3 Å². The Morgan fingerprint density at radius 3 is 2.44 bits per heavy atom. The molecule has 0 unspecified atom stereocenters. The van der Waals surface area contributed by atoms with Crippen LogP contribution in [0.4, 0.5) is 26.3 Å². The van der Waals surface area contributed by atoms with E-state index in [-0.39, 0.29) is 17.2 Å². The highest BCUT2D eigenvalue weighted by Crippen LogP contribution is 2.29. The first-order chi connectivity index (χ1) is 12.5. The summed E-state index contributed by atoms with van der Waals surface area (Å²) in [5.41, 5.74) is -4.42. The van der Waals surface area contributed by atoms with Crippen LogP contribution in [0.5, 0.6) is 0 Å². The van der Waals surface area contributed by atoms with E-state index in [1.54, 1.807) is 0 Å². The number of aromatic nitrogens is 3. The van der Waals surface area contributed by atoms with Crippen molar-refractivity contribution in [2.45, 2.75) is 19.1 Å². The summed E-state index contributed by atoms with van der Waals surface area (Å²) in [5, 5.41) is 3.45. The second-order valence-electron chi connectivity index (χ2n) is 5.53. The van der Waals surface area contributed by atoms with Crippen LogP contribution in [0.1, 0.15) is 5.69 Å². The summed E-state index contributed by atoms with van der Waals surface area (Å²) in [6, 6.07) is 1.77. The number of alkyl halides is 5. The van der Waals surface area contributed by atoms with Gasteiger partial charge in [-0.1, -0.05) is 0 Å². The van der Waals surface area contributed by atoms with E-state index in [9.17, 15) is 35.9 Å². The molecular weight excluding hydrogens is 384 g/mol. The summed E-state index contributed by atoms with van der Waals surface area (Å²) in [6.07, 6.45) is -7.78. The van der Waals surface area contributed by atoms with Crippen LogP contribution in [0.3, 0.4) is 0 Å². The third-order valence-electron chi connectivity index (χ3n) is 3.72. The van der Waals surface area contributed by atoms with E-state index in [0.29, 0.717) is 15.3 Å². The average Bonchev–Trinajstić information content (AvgIpc) is 2.82. The molecule has 0 radical (unpaired) electrons. The van der Waals surface area contributed by atoms with Gasteiger partial charge in [0.15, 0.2) is 5.58 Å². The summed E-state index contributed by atoms with van der Waals surface area (Å²) in [7, 11) is 0.909. The molecule has 0 spiro atoms. The van der Waals surface area contributed by atoms with E-state index in [2.05, 4.69) is 9.52 Å². The summed E-state index contributed by atoms with van der Waals surface area (Å²) >= 11 is 0. The topological polar surface area (TPSA) is 70.0 Å². The summed E-state index contributed by atoms with van der Waals surface area (Å²) in [6.45, 7) is -1.05. The largest absolute Gasteiger partial charge is 0.433 e. The molecule has 1 aromatic carbocycles. The van der Waals surface area contributed by atoms with Gasteiger partial charge in [0.25, 0.3) is 6.43 Å². The Bertz CT molecular complexity index is 1140. The van der Waals surface area contributed by atoms with Gasteiger partial charge in [-0.3, -0.25) is 14.0 Å². The number of aryl methyl sites for hydroxylation is 1. The highest BCUT2D eigenvalue weighted by molar-refractivity contribution is 5.80. The van der Waals surface area contributed by atoms with Crippen LogP contribution >= 0.6 is 0 Å². The summed E-state index contributed by atoms with van der Waals surface area (Å²) in [4.78, 5) is 23.7. The number of rotatable bonds is 3. The second-order valence-corrected chi connectivity index (χ2v) is 5.53. The van der Waals surface area contributed by atoms with E-state index < -0.39 is 53.1 Å². The van der Waals surface area contributed by atoms with Crippen LogP contribution in [0, 0.1) is 5.82 Å². The van der Waals surface area contributed by atoms with Gasteiger partial charge in [-0.2, -0.15) is 18.3 Å². The lowest BCUT2D eigenvalue weighted by atomic mass is 10.1. The highest BCUT2D eigenvalue weighted by Gasteiger charge is 2.34. The number of nitrogens with zero attached hydrogens (tertiary/aromatic N) is 3. The van der Waals surface area contributed by atoms with Crippen LogP contribution in [-0.4, -0.2) is 20.8 Å². The third-order valence-corrected chi connectivity index (χ3v) is 3.72. The first-order valence-corrected chi connectivity index (χ1v) is 7.26. The maximum absolute atomic E-state index is 14.3. The van der Waals surface area contributed by atoms with Crippen molar-refractivity contribution in [1.29, 1.82) is 0 Å². The highest BCUT2D eigenvalue weighted by atomic mass is 19.4. The fourth-order valence-corrected chi connectivity index (χ4v) is 2.57. The molecule has 0 N–H and O–H groups in total. The molecule has 0 fully saturated rings. The van der Waals surface area contributed by atoms with E-state index in [0.717, 1.165) is 13.1 Å². The lowest BCUT2D eigenvalue weighted by molar-refractivity contribution is -0.144. The average molecular weight is 393 g/mol. The zero-order chi connectivity index (χ0) is 20.1. The van der Waals surface area contributed by atoms with Crippen LogP contribution in [0.25, 0.3) is 22.4 Å². The van der Waals surface area contributed by atoms with Gasteiger partial charge in [0, 0.05) is 24.7 Å². The number of hydrogen-bond acceptors (Lipinski definition) is 4. The fraction of sp³-hybridized carbons (Fsp3) is 0.267. The third kappa shape index (κ3) is 3.34. The predicted octanol–water partition coefficient (Wildman–Crippen LogP) is 2.78. The van der Waals surface area contributed by atoms with Gasteiger partial charge in [0.1, 0.15) is 17.2 Å². The Morgan fingerprint density at radius 1 is 1.19 bits per heavy atom. The van der Waals surface area contributed by atoms with Gasteiger partial charge < -0.3 is 4.42 Å². The van der Waals surface area contributed by atoms with Crippen LogP contribution < -0.4 is 11.2 Å². The molecule has 0 saturated heterocycles. The molecule has 0 bridgehead atoms. The predicted molar refractivity (Wildman–Crippen MR) is 79.9 cm³/mol. The van der Waals surface area contributed by atoms with E-state index in [4.69, 9.17) is 0 Å². The molecule has 0 amide bonds. The zero-order valence-electron chi connectivity index (χ0n) is 13.4. The molecule has 0 atom stereocenters. The minimum atomic E-state index is -4.86. The van der Waals surface area contributed by atoms with Crippen LogP contribution in [-0.2, 0) is 19.8 Å². The van der Waals surface area contributed by atoms with Crippen molar-refractivity contribution in [2.75, 3.05) is 0 Å². The molecule has 0 aliphatic carbocycles. The lowest BCUT2D eigenvalue weighted by Crippen LogP contribution is -2.23. The lowest BCUT2D eigenvalue weighted by Gasteiger charge is -2.12. The molecular formula is C15H9F6N3O3. The molecule has 12 heteroatoms. The Hall–Kier alpha value is -3.05. The van der Waals surface area contributed by atoms with Crippen LogP contribution in [0.15, 0.2) is 32.2 Å². The van der Waals surface area contributed by atoms with Crippen molar-refractivity contribution >= 4 is 11.1 Å². The number of fused-ring (bicyclic) bond motifs is 1. The quantitative estimate of drug-likeness (QED) is 0.642. The van der Waals surface area contributed by atoms with Crippen molar-refractivity contribution in [1.82, 2.24) is 14.3 Å². The minimum Gasteiger partial charge on any atom is -0.408 e. The first-order valence-electron chi connectivity index (χ1n) is 7.26. The Kier molecular flexibility index (Phi) is 4.36. The monoisotopic (exact) mass is 393 g/mol. The second kappa shape index (κ2) is 6.28. The number of hydrogen-bond donors (Lipinski definition) is 0. The molecule has 0 saturated carbocycles. The van der Waals surface area contributed by atoms with Gasteiger partial charge in [0.2, 0.25) is 5.43 Å². The van der Waals surface area contributed by atoms with E-state index in [1.807, 2.05) is 0 Å². The maximum Gasteiger partial charge on any atom is 0.433 e. The first kappa shape index (κ1) is 18.7. The molecule has 3 rings (SSSR count). The number of halogens is 6. The molecule has 3 aromatic rings. The SMILES string of the molecule is Cn1nc(-c2cc3c(cc2F)oc(=O)n3CC(F)F)c(=O)cc1C(F)(F)F. The van der Waals surface area contributed by atoms with Gasteiger partial charge in [-0.15, -0.1) is 0 Å². The van der Waals surface area contributed by atoms with Crippen molar-refractivity contribution in [3.05, 3.63) is 50.5 Å². The van der Waals surface area contributed by atoms with Gasteiger partial charge in [-0.05, 0) is 6.07 Å². The summed E-state index contributed by atoms with van der Waals surface area (Å²) in [5.74, 6) is -2.29. The van der Waals surface area contributed by atoms with E-state index in [1.165, 1.54) is 0 Å². The fourth-order valence-electron chi connectivity index (χ4n) is 2.57. The minimum absolute atomic E-state index is 0.244. The van der Waals surface area contributed by atoms with Crippen molar-refractivity contribution in [3.63, 3.8) is 0 Å². The summed E-state index contributed by atoms with van der Waals surface area (Å²) < 4.78 is 83.6. The van der Waals surface area contributed by atoms with Crippen molar-refractivity contribution in [2.24, 2.45) is 7.05 Å². The normalized spacial score (nSPS) is 12.3. The number of oxazole rings is 1. The Morgan fingerprint density at radius 2 is 1.85 bits per heavy atom. The molecule has 0 aliphatic heterocycles. The molecule has 6 nitrogen and oxygen atoms in total.